The molecule has 5 fully saturated rings. The Morgan fingerprint density at radius 1 is 0.770 bits per heavy atom. The number of unbranched alkanes of at least 4 members (excludes halogenated alkanes) is 3. The third kappa shape index (κ3) is 21.4. The van der Waals surface area contributed by atoms with Gasteiger partial charge in [0.1, 0.15) is 54.6 Å². The van der Waals surface area contributed by atoms with Gasteiger partial charge in [-0.1, -0.05) is 103 Å². The van der Waals surface area contributed by atoms with E-state index >= 15 is 0 Å². The topological polar surface area (TPSA) is 330 Å². The SMILES string of the molecule is C=CCN(/C=C1/C(=O)O[C@H](COC)[C@@]2(C)C1=C(O)C(=O)C1=C2[C@H](OC(C)=O)C[C@]2(C)[C@@H](OC(=O)CCCCCCC(=O)O[C@@H]3CC[C@@H](C[C@@H](C)[C@@H]4CC(=O)[C@H](C)/C=C(\C)[C@@H](O)[C@@H](OC)C(=O)[C@H](C)C[C@H](C)/C=C/C=C/C=C(\C)[C@@H](OC)C[C@@H]5CC[C@@H](C)[C@@](O)(O5)C(=O)C(=O)N5CCCC[C@H]5C(=O)O4)C[C@H]3OC)CC[C@@H]12)CC=C. The molecule has 2 bridgehead atoms. The highest BCUT2D eigenvalue weighted by Gasteiger charge is 2.66. The van der Waals surface area contributed by atoms with E-state index in [9.17, 15) is 63.3 Å². The summed E-state index contributed by atoms with van der Waals surface area (Å²) in [6.07, 6.45) is 15.0. The molecule has 0 aromatic rings. The van der Waals surface area contributed by atoms with Gasteiger partial charge in [0.25, 0.3) is 11.7 Å². The third-order valence-corrected chi connectivity index (χ3v) is 25.2. The maximum Gasteiger partial charge on any atom is 0.340 e. The van der Waals surface area contributed by atoms with Crippen LogP contribution in [0.4, 0.5) is 0 Å². The fourth-order valence-corrected chi connectivity index (χ4v) is 18.7. The number of carbonyl (C=O) groups is 10. The predicted octanol–water partition coefficient (Wildman–Crippen LogP) is 11.6. The van der Waals surface area contributed by atoms with Crippen LogP contribution in [0.2, 0.25) is 0 Å². The first-order valence-corrected chi connectivity index (χ1v) is 40.8. The second-order valence-electron chi connectivity index (χ2n) is 33.4. The molecule has 113 heavy (non-hydrogen) atoms. The molecule has 0 aromatic heterocycles. The second-order valence-corrected chi connectivity index (χ2v) is 33.4. The summed E-state index contributed by atoms with van der Waals surface area (Å²) in [6, 6.07) is -1.23. The van der Waals surface area contributed by atoms with E-state index in [4.69, 9.17) is 47.4 Å². The molecule has 25 heteroatoms. The number of esters is 5. The minimum atomic E-state index is -2.50. The lowest BCUT2D eigenvalue weighted by Gasteiger charge is -2.54. The molecule has 0 aromatic carbocycles. The zero-order valence-electron chi connectivity index (χ0n) is 69.1. The summed E-state index contributed by atoms with van der Waals surface area (Å²) in [5.74, 6) is -13.0. The van der Waals surface area contributed by atoms with E-state index in [1.54, 1.807) is 72.0 Å². The molecule has 21 atom stereocenters. The third-order valence-electron chi connectivity index (χ3n) is 25.2. The number of Topliss-reactive ketones (excluding diaryl/α,β-unsaturated/α-hetero) is 4. The van der Waals surface area contributed by atoms with E-state index < -0.39 is 166 Å². The molecular weight excluding hydrogens is 1450 g/mol. The number of carbonyl (C=O) groups excluding carboxylic acids is 10. The number of ether oxygens (including phenoxy) is 10. The second kappa shape index (κ2) is 40.9. The predicted molar refractivity (Wildman–Crippen MR) is 419 cm³/mol. The molecule has 4 aliphatic heterocycles. The van der Waals surface area contributed by atoms with E-state index in [0.717, 1.165) is 10.5 Å². The molecule has 2 saturated carbocycles. The van der Waals surface area contributed by atoms with Crippen molar-refractivity contribution in [1.29, 1.82) is 0 Å². The molecule has 25 nitrogen and oxygen atoms in total. The van der Waals surface area contributed by atoms with Crippen molar-refractivity contribution < 1.29 is 111 Å². The number of hydrogen-bond acceptors (Lipinski definition) is 24. The number of piperidine rings is 1. The zero-order valence-corrected chi connectivity index (χ0v) is 69.1. The van der Waals surface area contributed by atoms with Gasteiger partial charge in [-0.2, -0.15) is 0 Å². The van der Waals surface area contributed by atoms with Crippen LogP contribution in [-0.4, -0.2) is 212 Å². The van der Waals surface area contributed by atoms with Crippen molar-refractivity contribution in [3.63, 3.8) is 0 Å². The number of hydrogen-bond donors (Lipinski definition) is 3. The monoisotopic (exact) mass is 1580 g/mol. The number of aliphatic hydroxyl groups is 3. The number of fused-ring (bicyclic) bond motifs is 7. The maximum atomic E-state index is 14.9. The molecule has 0 unspecified atom stereocenters. The molecule has 4 aliphatic carbocycles. The number of rotatable bonds is 23. The number of methoxy groups -OCH3 is 4. The van der Waals surface area contributed by atoms with Crippen LogP contribution >= 0.6 is 0 Å². The number of amides is 1. The molecular formula is C88H126N2O23. The Morgan fingerprint density at radius 2 is 1.46 bits per heavy atom. The van der Waals surface area contributed by atoms with Crippen LogP contribution in [0.5, 0.6) is 0 Å². The Hall–Kier alpha value is -7.52. The summed E-state index contributed by atoms with van der Waals surface area (Å²) < 4.78 is 60.3. The van der Waals surface area contributed by atoms with Crippen LogP contribution in [0.3, 0.4) is 0 Å². The van der Waals surface area contributed by atoms with Crippen LogP contribution in [0.15, 0.2) is 107 Å². The molecule has 4 heterocycles. The van der Waals surface area contributed by atoms with Crippen molar-refractivity contribution in [2.24, 2.45) is 52.3 Å². The molecule has 0 spiro atoms. The van der Waals surface area contributed by atoms with Gasteiger partial charge in [-0.15, -0.1) is 13.2 Å². The fraction of sp³-hybridized carbons (Fsp3) is 0.682. The zero-order chi connectivity index (χ0) is 83.0. The molecule has 0 radical (unpaired) electrons. The van der Waals surface area contributed by atoms with Gasteiger partial charge < -0.3 is 72.5 Å². The van der Waals surface area contributed by atoms with E-state index in [-0.39, 0.29) is 91.8 Å². The summed E-state index contributed by atoms with van der Waals surface area (Å²) in [7, 11) is 5.92. The minimum Gasteiger partial charge on any atom is -0.504 e. The summed E-state index contributed by atoms with van der Waals surface area (Å²) >= 11 is 0. The Bertz CT molecular complexity index is 3700. The summed E-state index contributed by atoms with van der Waals surface area (Å²) in [4.78, 5) is 145. The average molecular weight is 1580 g/mol. The van der Waals surface area contributed by atoms with E-state index in [1.807, 2.05) is 58.1 Å². The van der Waals surface area contributed by atoms with Gasteiger partial charge in [-0.3, -0.25) is 38.4 Å². The lowest BCUT2D eigenvalue weighted by atomic mass is 9.53. The summed E-state index contributed by atoms with van der Waals surface area (Å²) in [6.45, 7) is 25.6. The number of cyclic esters (lactones) is 2. The Morgan fingerprint density at radius 3 is 2.11 bits per heavy atom. The van der Waals surface area contributed by atoms with Crippen molar-refractivity contribution in [1.82, 2.24) is 9.80 Å². The molecule has 8 aliphatic rings. The van der Waals surface area contributed by atoms with Crippen LogP contribution in [0.25, 0.3) is 0 Å². The fourth-order valence-electron chi connectivity index (χ4n) is 18.7. The number of aliphatic hydroxyl groups excluding tert-OH is 2. The van der Waals surface area contributed by atoms with Crippen molar-refractivity contribution in [2.45, 2.75) is 277 Å². The quantitative estimate of drug-likeness (QED) is 0.0214. The molecule has 3 saturated heterocycles. The molecule has 8 rings (SSSR count). The summed E-state index contributed by atoms with van der Waals surface area (Å²) in [5.41, 5.74) is -0.488. The van der Waals surface area contributed by atoms with Crippen LogP contribution in [-0.2, 0) is 95.3 Å². The normalized spacial score (nSPS) is 36.2. The molecule has 3 N–H and O–H groups in total. The van der Waals surface area contributed by atoms with Crippen molar-refractivity contribution in [3.8, 4) is 0 Å². The van der Waals surface area contributed by atoms with Gasteiger partial charge in [0.15, 0.2) is 11.5 Å². The molecule has 626 valence electrons. The first kappa shape index (κ1) is 91.0. The Kier molecular flexibility index (Phi) is 32.9. The van der Waals surface area contributed by atoms with Gasteiger partial charge >= 0.3 is 29.8 Å². The van der Waals surface area contributed by atoms with Crippen molar-refractivity contribution in [2.75, 3.05) is 54.7 Å². The Balaban J connectivity index is 0.892. The first-order chi connectivity index (χ1) is 53.6. The van der Waals surface area contributed by atoms with Gasteiger partial charge in [-0.05, 0) is 157 Å². The smallest absolute Gasteiger partial charge is 0.340 e. The highest BCUT2D eigenvalue weighted by Crippen LogP contribution is 2.64. The van der Waals surface area contributed by atoms with Crippen LogP contribution in [0, 0.1) is 52.3 Å². The molecule has 1 amide bonds. The average Bonchev–Trinajstić information content (AvgIpc) is 1.68. The van der Waals surface area contributed by atoms with Crippen LogP contribution < -0.4 is 0 Å². The van der Waals surface area contributed by atoms with E-state index in [1.165, 1.54) is 27.3 Å². The van der Waals surface area contributed by atoms with Gasteiger partial charge in [0.05, 0.1) is 35.9 Å². The van der Waals surface area contributed by atoms with E-state index in [2.05, 4.69) is 13.2 Å². The number of ketones is 4. The highest BCUT2D eigenvalue weighted by molar-refractivity contribution is 6.39. The minimum absolute atomic E-state index is 0.0236. The number of allylic oxidation sites excluding steroid dienone is 7. The highest BCUT2D eigenvalue weighted by atomic mass is 16.6. The van der Waals surface area contributed by atoms with Crippen LogP contribution in [0.1, 0.15) is 204 Å². The van der Waals surface area contributed by atoms with Crippen molar-refractivity contribution >= 4 is 58.9 Å². The van der Waals surface area contributed by atoms with Crippen molar-refractivity contribution in [3.05, 3.63) is 107 Å². The number of nitrogens with zero attached hydrogens (tertiary/aromatic N) is 2. The first-order valence-electron chi connectivity index (χ1n) is 40.8. The standard InChI is InChI=1S/C88H126N2O23/c1-17-39-89(40-18-2)49-61-75-80(98)79(97)74-62-36-38-70(86(62,11)48-69(108-58(10)91)76(74)87(75,12)71(50-104-13)112-84(61)101)111-73(94)32-25-20-19-24-31-72(93)109-65-37-34-59(45-68(65)106-15)44-54(6)67-47-64(92)53(5)43-56(8)78(96)81(107-16)77(95)55(7)42-51(3)28-22-21-23-29-52(4)66(105-14)46-60-35-33-57(9)88(103,113-60)82(99)83(100)90-41-27-26-30-63(90)85(102)110-67/h17-18,21-23,28-29,43,49,51,53-55,57,59-60,62-63,65-71,78,81,96,98,103H,1-2,19-20,24-27,30-42,44-48,50H2,3-16H3/b23-21+,28-22+,52-29+,56-43+,61-49+/t51-,53-,54-,55-,57-,59+,60+,62+,63+,65-,66+,67+,68-,69-,70+,71-,78-,81+,86+,87+,88-/m1/s1. The van der Waals surface area contributed by atoms with Gasteiger partial charge in [0, 0.05) is 121 Å². The van der Waals surface area contributed by atoms with Gasteiger partial charge in [0.2, 0.25) is 11.6 Å². The lowest BCUT2D eigenvalue weighted by molar-refractivity contribution is -0.265. The van der Waals surface area contributed by atoms with Gasteiger partial charge in [-0.25, -0.2) is 9.59 Å². The summed E-state index contributed by atoms with van der Waals surface area (Å²) in [5, 5.41) is 36.0. The van der Waals surface area contributed by atoms with E-state index in [0.29, 0.717) is 121 Å². The Labute approximate surface area is 667 Å². The maximum absolute atomic E-state index is 14.9. The largest absolute Gasteiger partial charge is 0.504 e. The lowest BCUT2D eigenvalue weighted by Crippen LogP contribution is -2.61.